The van der Waals surface area contributed by atoms with Gasteiger partial charge >= 0.3 is 5.97 Å². The van der Waals surface area contributed by atoms with E-state index in [1.165, 1.54) is 7.11 Å². The number of nitrogens with one attached hydrogen (secondary N) is 2. The highest BCUT2D eigenvalue weighted by molar-refractivity contribution is 6.00. The van der Waals surface area contributed by atoms with Crippen LogP contribution in [-0.2, 0) is 11.2 Å². The van der Waals surface area contributed by atoms with E-state index < -0.39 is 5.97 Å². The molecule has 2 N–H and O–H groups in total. The monoisotopic (exact) mass is 329 g/mol. The van der Waals surface area contributed by atoms with Gasteiger partial charge in [-0.15, -0.1) is 12.4 Å². The van der Waals surface area contributed by atoms with Crippen molar-refractivity contribution in [3.8, 4) is 0 Å². The summed E-state index contributed by atoms with van der Waals surface area (Å²) in [6, 6.07) is 0.281. The summed E-state index contributed by atoms with van der Waals surface area (Å²) in [5, 5.41) is 3.31. The highest BCUT2D eigenvalue weighted by Gasteiger charge is 2.28. The highest BCUT2D eigenvalue weighted by atomic mass is 35.5. The number of aromatic amines is 1. The maximum atomic E-state index is 12.7. The van der Waals surface area contributed by atoms with Crippen LogP contribution in [0.15, 0.2) is 0 Å². The van der Waals surface area contributed by atoms with Crippen LogP contribution in [0.4, 0.5) is 0 Å². The number of nitrogens with zero attached hydrogens (tertiary/aromatic N) is 1. The van der Waals surface area contributed by atoms with Gasteiger partial charge in [-0.05, 0) is 25.8 Å². The number of amides is 1. The molecule has 7 heteroatoms. The third kappa shape index (κ3) is 3.44. The normalized spacial score (nSPS) is 17.8. The van der Waals surface area contributed by atoms with Gasteiger partial charge < -0.3 is 19.9 Å². The van der Waals surface area contributed by atoms with Gasteiger partial charge in [0.1, 0.15) is 5.69 Å². The smallest absolute Gasteiger partial charge is 0.339 e. The average molecular weight is 330 g/mol. The highest BCUT2D eigenvalue weighted by Crippen LogP contribution is 2.22. The number of halogens is 1. The van der Waals surface area contributed by atoms with Crippen molar-refractivity contribution in [2.75, 3.05) is 26.7 Å². The van der Waals surface area contributed by atoms with Gasteiger partial charge in [-0.1, -0.05) is 6.92 Å². The summed E-state index contributed by atoms with van der Waals surface area (Å²) in [4.78, 5) is 29.5. The molecule has 1 aliphatic heterocycles. The Morgan fingerprint density at radius 3 is 2.64 bits per heavy atom. The van der Waals surface area contributed by atoms with Gasteiger partial charge in [-0.2, -0.15) is 0 Å². The first-order chi connectivity index (χ1) is 9.99. The Kier molecular flexibility index (Phi) is 6.44. The first-order valence-electron chi connectivity index (χ1n) is 7.32. The quantitative estimate of drug-likeness (QED) is 0.825. The fourth-order valence-corrected chi connectivity index (χ4v) is 2.79. The maximum Gasteiger partial charge on any atom is 0.339 e. The van der Waals surface area contributed by atoms with E-state index in [2.05, 4.69) is 17.2 Å². The van der Waals surface area contributed by atoms with Crippen molar-refractivity contribution >= 4 is 24.3 Å². The molecule has 1 aromatic heterocycles. The van der Waals surface area contributed by atoms with Crippen LogP contribution < -0.4 is 5.32 Å². The zero-order chi connectivity index (χ0) is 15.6. The minimum atomic E-state index is -0.395. The number of carbonyl (C=O) groups is 2. The van der Waals surface area contributed by atoms with Crippen molar-refractivity contribution in [3.63, 3.8) is 0 Å². The molecule has 0 bridgehead atoms. The predicted molar refractivity (Wildman–Crippen MR) is 86.9 cm³/mol. The zero-order valence-electron chi connectivity index (χ0n) is 13.5. The second kappa shape index (κ2) is 7.65. The summed E-state index contributed by atoms with van der Waals surface area (Å²) in [5.41, 5.74) is 2.42. The fraction of sp³-hybridized carbons (Fsp3) is 0.600. The minimum absolute atomic E-state index is 0. The number of aromatic nitrogens is 1. The van der Waals surface area contributed by atoms with E-state index in [1.54, 1.807) is 6.92 Å². The van der Waals surface area contributed by atoms with Crippen LogP contribution in [0.2, 0.25) is 0 Å². The van der Waals surface area contributed by atoms with Gasteiger partial charge in [0, 0.05) is 31.4 Å². The van der Waals surface area contributed by atoms with Gasteiger partial charge in [0.2, 0.25) is 0 Å². The Bertz CT molecular complexity index is 556. The molecule has 0 unspecified atom stereocenters. The molecule has 1 aromatic rings. The number of esters is 1. The van der Waals surface area contributed by atoms with E-state index in [9.17, 15) is 9.59 Å². The number of hydrogen-bond acceptors (Lipinski definition) is 4. The summed E-state index contributed by atoms with van der Waals surface area (Å²) in [6.45, 7) is 7.93. The molecule has 0 saturated carbocycles. The van der Waals surface area contributed by atoms with Gasteiger partial charge in [0.25, 0.3) is 5.91 Å². The Morgan fingerprint density at radius 2 is 2.09 bits per heavy atom. The van der Waals surface area contributed by atoms with Crippen LogP contribution in [0.25, 0.3) is 0 Å². The van der Waals surface area contributed by atoms with Crippen LogP contribution in [0.5, 0.6) is 0 Å². The fourth-order valence-electron chi connectivity index (χ4n) is 2.79. The van der Waals surface area contributed by atoms with Crippen molar-refractivity contribution in [1.82, 2.24) is 15.2 Å². The van der Waals surface area contributed by atoms with E-state index >= 15 is 0 Å². The number of hydrogen-bond donors (Lipinski definition) is 2. The molecule has 1 amide bonds. The summed E-state index contributed by atoms with van der Waals surface area (Å²) in [6.07, 6.45) is 0.649. The van der Waals surface area contributed by atoms with E-state index in [4.69, 9.17) is 4.74 Å². The summed E-state index contributed by atoms with van der Waals surface area (Å²) < 4.78 is 4.82. The van der Waals surface area contributed by atoms with E-state index in [0.29, 0.717) is 36.3 Å². The van der Waals surface area contributed by atoms with E-state index in [-0.39, 0.29) is 24.4 Å². The number of piperazine rings is 1. The first-order valence-corrected chi connectivity index (χ1v) is 7.32. The van der Waals surface area contributed by atoms with Crippen LogP contribution in [-0.4, -0.2) is 54.5 Å². The summed E-state index contributed by atoms with van der Waals surface area (Å²) in [7, 11) is 1.35. The largest absolute Gasteiger partial charge is 0.465 e. The maximum absolute atomic E-state index is 12.7. The SMILES string of the molecule is CCc1[nH]c(C(=O)N2CCN[C@H](C)C2)c(C)c1C(=O)OC.Cl. The summed E-state index contributed by atoms with van der Waals surface area (Å²) in [5.74, 6) is -0.445. The Morgan fingerprint density at radius 1 is 1.41 bits per heavy atom. The third-order valence-electron chi connectivity index (χ3n) is 3.94. The molecule has 0 spiro atoms. The lowest BCUT2D eigenvalue weighted by Gasteiger charge is -2.31. The second-order valence-corrected chi connectivity index (χ2v) is 5.43. The first kappa shape index (κ1) is 18.5. The second-order valence-electron chi connectivity index (χ2n) is 5.43. The van der Waals surface area contributed by atoms with Crippen LogP contribution in [0.1, 0.15) is 46.0 Å². The third-order valence-corrected chi connectivity index (χ3v) is 3.94. The lowest BCUT2D eigenvalue weighted by Crippen LogP contribution is -2.51. The molecule has 1 saturated heterocycles. The number of ether oxygens (including phenoxy) is 1. The standard InChI is InChI=1S/C15H23N3O3.ClH/c1-5-11-12(15(20)21-4)10(3)13(17-11)14(19)18-7-6-16-9(2)8-18;/h9,16-17H,5-8H2,1-4H3;1H/t9-;/m1./s1. The van der Waals surface area contributed by atoms with Crippen LogP contribution in [0.3, 0.4) is 0 Å². The Labute approximate surface area is 137 Å². The van der Waals surface area contributed by atoms with Crippen LogP contribution in [0, 0.1) is 6.92 Å². The molecule has 22 heavy (non-hydrogen) atoms. The minimum Gasteiger partial charge on any atom is -0.465 e. The predicted octanol–water partition coefficient (Wildman–Crippen LogP) is 1.53. The topological polar surface area (TPSA) is 74.4 Å². The van der Waals surface area contributed by atoms with Gasteiger partial charge in [0.05, 0.1) is 12.7 Å². The Balaban J connectivity index is 0.00000242. The molecular formula is C15H24ClN3O3. The molecule has 0 radical (unpaired) electrons. The molecule has 124 valence electrons. The van der Waals surface area contributed by atoms with Crippen molar-refractivity contribution < 1.29 is 14.3 Å². The molecule has 2 rings (SSSR count). The van der Waals surface area contributed by atoms with Crippen molar-refractivity contribution in [2.45, 2.75) is 33.2 Å². The number of H-pyrrole nitrogens is 1. The van der Waals surface area contributed by atoms with Crippen LogP contribution >= 0.6 is 12.4 Å². The molecule has 0 aromatic carbocycles. The number of methoxy groups -OCH3 is 1. The van der Waals surface area contributed by atoms with Gasteiger partial charge in [0.15, 0.2) is 0 Å². The van der Waals surface area contributed by atoms with Gasteiger partial charge in [-0.3, -0.25) is 4.79 Å². The average Bonchev–Trinajstić information content (AvgIpc) is 2.82. The molecular weight excluding hydrogens is 306 g/mol. The van der Waals surface area contributed by atoms with Crippen molar-refractivity contribution in [2.24, 2.45) is 0 Å². The van der Waals surface area contributed by atoms with Crippen molar-refractivity contribution in [1.29, 1.82) is 0 Å². The molecule has 0 aliphatic carbocycles. The molecule has 1 atom stereocenters. The lowest BCUT2D eigenvalue weighted by molar-refractivity contribution is 0.0599. The molecule has 6 nitrogen and oxygen atoms in total. The zero-order valence-corrected chi connectivity index (χ0v) is 14.3. The molecule has 2 heterocycles. The van der Waals surface area contributed by atoms with Crippen molar-refractivity contribution in [3.05, 3.63) is 22.5 Å². The number of carbonyl (C=O) groups excluding carboxylic acids is 2. The lowest BCUT2D eigenvalue weighted by atomic mass is 10.1. The van der Waals surface area contributed by atoms with Gasteiger partial charge in [-0.25, -0.2) is 4.79 Å². The molecule has 1 fully saturated rings. The van der Waals surface area contributed by atoms with E-state index in [1.807, 2.05) is 11.8 Å². The number of rotatable bonds is 3. The van der Waals surface area contributed by atoms with E-state index in [0.717, 1.165) is 12.2 Å². The Hall–Kier alpha value is -1.53. The summed E-state index contributed by atoms with van der Waals surface area (Å²) >= 11 is 0. The number of aryl methyl sites for hydroxylation is 1. The molecule has 1 aliphatic rings.